The van der Waals surface area contributed by atoms with E-state index in [0.29, 0.717) is 18.3 Å². The molecule has 0 aromatic heterocycles. The fraction of sp³-hybridized carbons (Fsp3) is 0.889. The Kier molecular flexibility index (Phi) is 7.09. The van der Waals surface area contributed by atoms with Gasteiger partial charge in [-0.25, -0.2) is 0 Å². The molecule has 0 radical (unpaired) electrons. The van der Waals surface area contributed by atoms with Crippen molar-refractivity contribution >= 4 is 18.6 Å². The molecule has 1 atom stereocenters. The van der Waals surface area contributed by atoms with Gasteiger partial charge in [-0.1, -0.05) is 13.8 Å². The van der Waals surface area contributed by atoms with Gasteiger partial charge in [-0.3, -0.25) is 4.79 Å². The molecule has 0 aliphatic rings. The minimum absolute atomic E-state index is 0.210. The van der Waals surface area contributed by atoms with Crippen molar-refractivity contribution in [3.63, 3.8) is 0 Å². The minimum Gasteiger partial charge on any atom is -0.464 e. The van der Waals surface area contributed by atoms with Crippen LogP contribution in [0.2, 0.25) is 0 Å². The van der Waals surface area contributed by atoms with Crippen molar-refractivity contribution in [2.24, 2.45) is 5.92 Å². The largest absolute Gasteiger partial charge is 0.464 e. The summed E-state index contributed by atoms with van der Waals surface area (Å²) in [5.41, 5.74) is 0. The first-order chi connectivity index (χ1) is 6.11. The van der Waals surface area contributed by atoms with Crippen molar-refractivity contribution in [3.05, 3.63) is 0 Å². The summed E-state index contributed by atoms with van der Waals surface area (Å²) >= 11 is 4.03. The molecule has 0 aromatic rings. The Balaban J connectivity index is 3.60. The lowest BCUT2D eigenvalue weighted by atomic mass is 10.1. The summed E-state index contributed by atoms with van der Waals surface area (Å²) in [6.07, 6.45) is 0.911. The predicted octanol–water partition coefficient (Wildman–Crippen LogP) is 1.09. The summed E-state index contributed by atoms with van der Waals surface area (Å²) in [6.45, 7) is 4.70. The first-order valence-corrected chi connectivity index (χ1v) is 5.19. The molecule has 0 spiro atoms. The third-order valence-electron chi connectivity index (χ3n) is 1.76. The normalized spacial score (nSPS) is 13.0. The van der Waals surface area contributed by atoms with E-state index >= 15 is 0 Å². The van der Waals surface area contributed by atoms with Crippen molar-refractivity contribution in [2.75, 3.05) is 19.4 Å². The zero-order chi connectivity index (χ0) is 10.3. The number of thiol groups is 1. The number of carbonyl (C=O) groups is 1. The number of ether oxygens (including phenoxy) is 1. The van der Waals surface area contributed by atoms with Crippen LogP contribution in [0.25, 0.3) is 0 Å². The molecule has 1 N–H and O–H groups in total. The van der Waals surface area contributed by atoms with Gasteiger partial charge in [0.25, 0.3) is 0 Å². The summed E-state index contributed by atoms with van der Waals surface area (Å²) in [7, 11) is 1.73. The molecule has 0 saturated carbocycles. The Hall–Kier alpha value is -0.220. The predicted molar refractivity (Wildman–Crippen MR) is 57.1 cm³/mol. The average Bonchev–Trinajstić information content (AvgIpc) is 2.05. The first-order valence-electron chi connectivity index (χ1n) is 4.56. The maximum absolute atomic E-state index is 11.3. The molecule has 0 aliphatic carbocycles. The third-order valence-corrected chi connectivity index (χ3v) is 2.12. The molecule has 0 aliphatic heterocycles. The second kappa shape index (κ2) is 7.21. The van der Waals surface area contributed by atoms with Crippen molar-refractivity contribution in [2.45, 2.75) is 26.3 Å². The van der Waals surface area contributed by atoms with Crippen LogP contribution < -0.4 is 5.32 Å². The molecule has 0 amide bonds. The number of likely N-dealkylation sites (N-methyl/N-ethyl adjacent to an activating group) is 1. The summed E-state index contributed by atoms with van der Waals surface area (Å²) in [4.78, 5) is 11.3. The lowest BCUT2D eigenvalue weighted by molar-refractivity contribution is -0.145. The molecule has 0 aromatic carbocycles. The molecule has 0 heterocycles. The molecular formula is C9H19NO2S. The Bertz CT molecular complexity index is 147. The van der Waals surface area contributed by atoms with Gasteiger partial charge in [-0.2, -0.15) is 12.6 Å². The smallest absolute Gasteiger partial charge is 0.323 e. The van der Waals surface area contributed by atoms with Crippen LogP contribution in [0.5, 0.6) is 0 Å². The third kappa shape index (κ3) is 5.93. The van der Waals surface area contributed by atoms with E-state index in [4.69, 9.17) is 4.74 Å². The summed E-state index contributed by atoms with van der Waals surface area (Å²) in [6, 6.07) is -0.282. The van der Waals surface area contributed by atoms with Gasteiger partial charge >= 0.3 is 5.97 Å². The molecule has 13 heavy (non-hydrogen) atoms. The quantitative estimate of drug-likeness (QED) is 0.503. The first kappa shape index (κ1) is 12.8. The van der Waals surface area contributed by atoms with Crippen LogP contribution in [0.4, 0.5) is 0 Å². The van der Waals surface area contributed by atoms with Crippen LogP contribution in [0, 0.1) is 5.92 Å². The molecule has 0 unspecified atom stereocenters. The molecular weight excluding hydrogens is 186 g/mol. The van der Waals surface area contributed by atoms with Gasteiger partial charge in [0, 0.05) is 5.75 Å². The highest BCUT2D eigenvalue weighted by Gasteiger charge is 2.15. The molecule has 78 valence electrons. The second-order valence-electron chi connectivity index (χ2n) is 3.37. The van der Waals surface area contributed by atoms with Crippen LogP contribution in [-0.4, -0.2) is 31.4 Å². The Morgan fingerprint density at radius 1 is 1.54 bits per heavy atom. The Labute approximate surface area is 85.6 Å². The Morgan fingerprint density at radius 2 is 2.15 bits per heavy atom. The van der Waals surface area contributed by atoms with Crippen LogP contribution in [0.3, 0.4) is 0 Å². The zero-order valence-electron chi connectivity index (χ0n) is 8.54. The van der Waals surface area contributed by atoms with Crippen LogP contribution in [0.1, 0.15) is 20.3 Å². The van der Waals surface area contributed by atoms with Gasteiger partial charge in [-0.15, -0.1) is 0 Å². The van der Waals surface area contributed by atoms with E-state index in [1.807, 2.05) is 0 Å². The van der Waals surface area contributed by atoms with Crippen LogP contribution >= 0.6 is 12.6 Å². The van der Waals surface area contributed by atoms with E-state index < -0.39 is 0 Å². The van der Waals surface area contributed by atoms with Gasteiger partial charge in [0.2, 0.25) is 0 Å². The number of carbonyl (C=O) groups excluding carboxylic acids is 1. The molecule has 3 nitrogen and oxygen atoms in total. The topological polar surface area (TPSA) is 38.3 Å². The summed E-state index contributed by atoms with van der Waals surface area (Å²) < 4.78 is 5.05. The zero-order valence-corrected chi connectivity index (χ0v) is 9.43. The second-order valence-corrected chi connectivity index (χ2v) is 3.74. The average molecular weight is 205 g/mol. The van der Waals surface area contributed by atoms with E-state index in [2.05, 4.69) is 31.8 Å². The lowest BCUT2D eigenvalue weighted by Crippen LogP contribution is -2.37. The van der Waals surface area contributed by atoms with Gasteiger partial charge in [-0.05, 0) is 19.4 Å². The van der Waals surface area contributed by atoms with Crippen LogP contribution in [-0.2, 0) is 9.53 Å². The van der Waals surface area contributed by atoms with Gasteiger partial charge < -0.3 is 10.1 Å². The van der Waals surface area contributed by atoms with Crippen molar-refractivity contribution in [1.29, 1.82) is 0 Å². The van der Waals surface area contributed by atoms with Gasteiger partial charge in [0.1, 0.15) is 6.04 Å². The van der Waals surface area contributed by atoms with Gasteiger partial charge in [0.15, 0.2) is 0 Å². The minimum atomic E-state index is -0.282. The highest BCUT2D eigenvalue weighted by molar-refractivity contribution is 7.80. The van der Waals surface area contributed by atoms with Gasteiger partial charge in [0.05, 0.1) is 6.61 Å². The molecule has 0 bridgehead atoms. The SMILES string of the molecule is CN[C@@H](CS)C(=O)OCCC(C)C. The summed E-state index contributed by atoms with van der Waals surface area (Å²) in [5.74, 6) is 0.826. The number of nitrogens with one attached hydrogen (secondary N) is 1. The standard InChI is InChI=1S/C9H19NO2S/c1-7(2)4-5-12-9(11)8(6-13)10-3/h7-8,10,13H,4-6H2,1-3H3/t8-/m0/s1. The monoisotopic (exact) mass is 205 g/mol. The van der Waals surface area contributed by atoms with Crippen molar-refractivity contribution < 1.29 is 9.53 Å². The van der Waals surface area contributed by atoms with Crippen molar-refractivity contribution in [3.8, 4) is 0 Å². The summed E-state index contributed by atoms with van der Waals surface area (Å²) in [5, 5.41) is 2.84. The maximum Gasteiger partial charge on any atom is 0.323 e. The van der Waals surface area contributed by atoms with E-state index in [1.165, 1.54) is 0 Å². The maximum atomic E-state index is 11.3. The number of esters is 1. The van der Waals surface area contributed by atoms with E-state index in [9.17, 15) is 4.79 Å². The molecule has 0 saturated heterocycles. The number of hydrogen-bond acceptors (Lipinski definition) is 4. The fourth-order valence-electron chi connectivity index (χ4n) is 0.779. The Morgan fingerprint density at radius 3 is 2.54 bits per heavy atom. The molecule has 0 fully saturated rings. The van der Waals surface area contributed by atoms with E-state index in [-0.39, 0.29) is 12.0 Å². The molecule has 0 rings (SSSR count). The van der Waals surface area contributed by atoms with Crippen molar-refractivity contribution in [1.82, 2.24) is 5.32 Å². The molecule has 4 heteroatoms. The fourth-order valence-corrected chi connectivity index (χ4v) is 1.11. The number of hydrogen-bond donors (Lipinski definition) is 2. The highest BCUT2D eigenvalue weighted by atomic mass is 32.1. The lowest BCUT2D eigenvalue weighted by Gasteiger charge is -2.13. The number of rotatable bonds is 6. The van der Waals surface area contributed by atoms with Crippen LogP contribution in [0.15, 0.2) is 0 Å². The van der Waals surface area contributed by atoms with E-state index in [1.54, 1.807) is 7.05 Å². The van der Waals surface area contributed by atoms with E-state index in [0.717, 1.165) is 6.42 Å². The highest BCUT2D eigenvalue weighted by Crippen LogP contribution is 2.00.